The SMILES string of the molecule is Cc1cnc(N(C)CC2(O)CCOCC2)c(Br)c1. The van der Waals surface area contributed by atoms with Gasteiger partial charge in [0.15, 0.2) is 0 Å². The summed E-state index contributed by atoms with van der Waals surface area (Å²) in [5.41, 5.74) is 0.447. The van der Waals surface area contributed by atoms with Crippen LogP contribution in [0.25, 0.3) is 0 Å². The summed E-state index contributed by atoms with van der Waals surface area (Å²) in [5.74, 6) is 0.862. The highest BCUT2D eigenvalue weighted by atomic mass is 79.9. The van der Waals surface area contributed by atoms with Gasteiger partial charge in [0.25, 0.3) is 0 Å². The van der Waals surface area contributed by atoms with Gasteiger partial charge >= 0.3 is 0 Å². The van der Waals surface area contributed by atoms with Crippen molar-refractivity contribution in [3.05, 3.63) is 22.3 Å². The summed E-state index contributed by atoms with van der Waals surface area (Å²) in [6.45, 7) is 3.85. The molecule has 5 heteroatoms. The zero-order chi connectivity index (χ0) is 13.2. The maximum absolute atomic E-state index is 10.5. The van der Waals surface area contributed by atoms with Crippen molar-refractivity contribution in [3.63, 3.8) is 0 Å². The molecule has 4 nitrogen and oxygen atoms in total. The van der Waals surface area contributed by atoms with Gasteiger partial charge in [0.1, 0.15) is 5.82 Å². The lowest BCUT2D eigenvalue weighted by atomic mass is 9.94. The van der Waals surface area contributed by atoms with Gasteiger partial charge in [-0.1, -0.05) is 0 Å². The minimum atomic E-state index is -0.668. The van der Waals surface area contributed by atoms with Crippen LogP contribution in [0.5, 0.6) is 0 Å². The number of hydrogen-bond donors (Lipinski definition) is 1. The van der Waals surface area contributed by atoms with Crippen LogP contribution in [0.2, 0.25) is 0 Å². The molecule has 100 valence electrons. The van der Waals surface area contributed by atoms with E-state index in [1.165, 1.54) is 0 Å². The number of anilines is 1. The highest BCUT2D eigenvalue weighted by Crippen LogP contribution is 2.27. The number of ether oxygens (including phenoxy) is 1. The fourth-order valence-electron chi connectivity index (χ4n) is 2.23. The Kier molecular flexibility index (Phi) is 4.25. The lowest BCUT2D eigenvalue weighted by Gasteiger charge is -2.36. The lowest BCUT2D eigenvalue weighted by Crippen LogP contribution is -2.46. The molecule has 1 saturated heterocycles. The molecule has 0 aromatic carbocycles. The second-order valence-electron chi connectivity index (χ2n) is 5.01. The maximum atomic E-state index is 10.5. The molecule has 0 amide bonds. The molecule has 0 radical (unpaired) electrons. The molecule has 0 aliphatic carbocycles. The van der Waals surface area contributed by atoms with Crippen molar-refractivity contribution in [3.8, 4) is 0 Å². The van der Waals surface area contributed by atoms with Crippen molar-refractivity contribution in [2.45, 2.75) is 25.4 Å². The molecule has 1 aromatic heterocycles. The van der Waals surface area contributed by atoms with Crippen LogP contribution in [0.3, 0.4) is 0 Å². The Morgan fingerprint density at radius 2 is 2.17 bits per heavy atom. The minimum Gasteiger partial charge on any atom is -0.388 e. The van der Waals surface area contributed by atoms with E-state index in [9.17, 15) is 5.11 Å². The quantitative estimate of drug-likeness (QED) is 0.928. The summed E-state index contributed by atoms with van der Waals surface area (Å²) < 4.78 is 6.25. The molecule has 1 N–H and O–H groups in total. The normalized spacial score (nSPS) is 18.7. The molecule has 0 spiro atoms. The highest BCUT2D eigenvalue weighted by Gasteiger charge is 2.31. The Bertz CT molecular complexity index is 419. The standard InChI is InChI=1S/C13H19BrN2O2/c1-10-7-11(14)12(15-8-10)16(2)9-13(17)3-5-18-6-4-13/h7-8,17H,3-6,9H2,1-2H3. The van der Waals surface area contributed by atoms with Crippen LogP contribution in [0.1, 0.15) is 18.4 Å². The first-order valence-electron chi connectivity index (χ1n) is 6.14. The van der Waals surface area contributed by atoms with E-state index in [2.05, 4.69) is 20.9 Å². The summed E-state index contributed by atoms with van der Waals surface area (Å²) in [6, 6.07) is 2.03. The smallest absolute Gasteiger partial charge is 0.142 e. The summed E-state index contributed by atoms with van der Waals surface area (Å²) >= 11 is 3.52. The minimum absolute atomic E-state index is 0.574. The molecular weight excluding hydrogens is 296 g/mol. The highest BCUT2D eigenvalue weighted by molar-refractivity contribution is 9.10. The van der Waals surface area contributed by atoms with E-state index in [0.29, 0.717) is 32.6 Å². The van der Waals surface area contributed by atoms with Gasteiger partial charge in [-0.15, -0.1) is 0 Å². The van der Waals surface area contributed by atoms with Gasteiger partial charge in [0, 0.05) is 45.8 Å². The molecule has 0 atom stereocenters. The fourth-order valence-corrected chi connectivity index (χ4v) is 3.00. The number of aliphatic hydroxyl groups is 1. The van der Waals surface area contributed by atoms with Gasteiger partial charge in [0.05, 0.1) is 10.1 Å². The zero-order valence-electron chi connectivity index (χ0n) is 10.8. The predicted octanol–water partition coefficient (Wildman–Crippen LogP) is 2.13. The molecule has 0 saturated carbocycles. The monoisotopic (exact) mass is 314 g/mol. The van der Waals surface area contributed by atoms with E-state index in [1.54, 1.807) is 0 Å². The first-order valence-corrected chi connectivity index (χ1v) is 6.93. The average molecular weight is 315 g/mol. The van der Waals surface area contributed by atoms with E-state index < -0.39 is 5.60 Å². The van der Waals surface area contributed by atoms with E-state index in [0.717, 1.165) is 15.9 Å². The van der Waals surface area contributed by atoms with Crippen LogP contribution in [0, 0.1) is 6.92 Å². The van der Waals surface area contributed by atoms with Crippen molar-refractivity contribution in [2.24, 2.45) is 0 Å². The van der Waals surface area contributed by atoms with Crippen LogP contribution >= 0.6 is 15.9 Å². The Hall–Kier alpha value is -0.650. The third kappa shape index (κ3) is 3.22. The number of nitrogens with zero attached hydrogens (tertiary/aromatic N) is 2. The van der Waals surface area contributed by atoms with Crippen molar-refractivity contribution >= 4 is 21.7 Å². The third-order valence-electron chi connectivity index (χ3n) is 3.28. The first-order chi connectivity index (χ1) is 8.50. The predicted molar refractivity (Wildman–Crippen MR) is 74.9 cm³/mol. The molecule has 1 aliphatic heterocycles. The Morgan fingerprint density at radius 3 is 2.78 bits per heavy atom. The largest absolute Gasteiger partial charge is 0.388 e. The lowest BCUT2D eigenvalue weighted by molar-refractivity contribution is -0.0573. The van der Waals surface area contributed by atoms with Crippen molar-refractivity contribution in [2.75, 3.05) is 31.7 Å². The number of rotatable bonds is 3. The van der Waals surface area contributed by atoms with Crippen molar-refractivity contribution in [1.82, 2.24) is 4.98 Å². The number of likely N-dealkylation sites (N-methyl/N-ethyl adjacent to an activating group) is 1. The molecule has 1 aliphatic rings. The number of hydrogen-bond acceptors (Lipinski definition) is 4. The average Bonchev–Trinajstić information content (AvgIpc) is 2.28. The molecule has 2 rings (SSSR count). The molecule has 1 fully saturated rings. The number of aryl methyl sites for hydroxylation is 1. The summed E-state index contributed by atoms with van der Waals surface area (Å²) in [5, 5.41) is 10.5. The van der Waals surface area contributed by atoms with Gasteiger partial charge in [-0.3, -0.25) is 0 Å². The van der Waals surface area contributed by atoms with Crippen LogP contribution in [-0.4, -0.2) is 42.5 Å². The van der Waals surface area contributed by atoms with Crippen LogP contribution in [0.4, 0.5) is 5.82 Å². The van der Waals surface area contributed by atoms with Gasteiger partial charge in [0.2, 0.25) is 0 Å². The Morgan fingerprint density at radius 1 is 1.50 bits per heavy atom. The molecule has 0 unspecified atom stereocenters. The summed E-state index contributed by atoms with van der Waals surface area (Å²) in [6.07, 6.45) is 3.20. The summed E-state index contributed by atoms with van der Waals surface area (Å²) in [7, 11) is 1.95. The topological polar surface area (TPSA) is 45.6 Å². The van der Waals surface area contributed by atoms with Crippen LogP contribution < -0.4 is 4.90 Å². The second-order valence-corrected chi connectivity index (χ2v) is 5.87. The van der Waals surface area contributed by atoms with Crippen molar-refractivity contribution in [1.29, 1.82) is 0 Å². The van der Waals surface area contributed by atoms with E-state index >= 15 is 0 Å². The maximum Gasteiger partial charge on any atom is 0.142 e. The third-order valence-corrected chi connectivity index (χ3v) is 3.86. The van der Waals surface area contributed by atoms with Crippen LogP contribution in [0.15, 0.2) is 16.7 Å². The number of pyridine rings is 1. The van der Waals surface area contributed by atoms with Gasteiger partial charge < -0.3 is 14.7 Å². The zero-order valence-corrected chi connectivity index (χ0v) is 12.4. The van der Waals surface area contributed by atoms with Crippen LogP contribution in [-0.2, 0) is 4.74 Å². The number of aromatic nitrogens is 1. The van der Waals surface area contributed by atoms with Gasteiger partial charge in [-0.25, -0.2) is 4.98 Å². The second kappa shape index (κ2) is 5.55. The van der Waals surface area contributed by atoms with E-state index in [1.807, 2.05) is 31.1 Å². The number of halogens is 1. The molecule has 18 heavy (non-hydrogen) atoms. The van der Waals surface area contributed by atoms with E-state index in [-0.39, 0.29) is 0 Å². The van der Waals surface area contributed by atoms with Gasteiger partial charge in [-0.05, 0) is 34.5 Å². The molecule has 0 bridgehead atoms. The van der Waals surface area contributed by atoms with E-state index in [4.69, 9.17) is 4.74 Å². The summed E-state index contributed by atoms with van der Waals surface area (Å²) in [4.78, 5) is 6.41. The van der Waals surface area contributed by atoms with Gasteiger partial charge in [-0.2, -0.15) is 0 Å². The molecular formula is C13H19BrN2O2. The Balaban J connectivity index is 2.08. The first kappa shape index (κ1) is 13.8. The fraction of sp³-hybridized carbons (Fsp3) is 0.615. The molecule has 1 aromatic rings. The molecule has 2 heterocycles. The Labute approximate surface area is 116 Å². The van der Waals surface area contributed by atoms with Crippen molar-refractivity contribution < 1.29 is 9.84 Å².